The molecular formula is C17H21N3O3. The van der Waals surface area contributed by atoms with Gasteiger partial charge in [-0.1, -0.05) is 6.92 Å². The van der Waals surface area contributed by atoms with Gasteiger partial charge in [0, 0.05) is 25.5 Å². The van der Waals surface area contributed by atoms with E-state index >= 15 is 0 Å². The number of rotatable bonds is 3. The Bertz CT molecular complexity index is 799. The zero-order valence-corrected chi connectivity index (χ0v) is 13.9. The molecule has 122 valence electrons. The molecule has 0 fully saturated rings. The zero-order valence-electron chi connectivity index (χ0n) is 13.9. The Morgan fingerprint density at radius 3 is 2.74 bits per heavy atom. The van der Waals surface area contributed by atoms with Gasteiger partial charge in [-0.05, 0) is 26.7 Å². The van der Waals surface area contributed by atoms with Crippen LogP contribution >= 0.6 is 0 Å². The molecule has 0 aromatic carbocycles. The lowest BCUT2D eigenvalue weighted by atomic mass is 9.93. The summed E-state index contributed by atoms with van der Waals surface area (Å²) < 4.78 is 7.31. The smallest absolute Gasteiger partial charge is 0.261 e. The van der Waals surface area contributed by atoms with Crippen molar-refractivity contribution >= 4 is 17.5 Å². The summed E-state index contributed by atoms with van der Waals surface area (Å²) in [5.74, 6) is 1.48. The van der Waals surface area contributed by atoms with E-state index in [0.29, 0.717) is 41.3 Å². The first-order valence-corrected chi connectivity index (χ1v) is 7.93. The lowest BCUT2D eigenvalue weighted by Crippen LogP contribution is -2.20. The molecular weight excluding hydrogens is 294 g/mol. The number of anilines is 1. The quantitative estimate of drug-likeness (QED) is 0.944. The minimum Gasteiger partial charge on any atom is -0.465 e. The molecule has 0 saturated heterocycles. The third-order valence-electron chi connectivity index (χ3n) is 4.42. The van der Waals surface area contributed by atoms with Gasteiger partial charge in [0.2, 0.25) is 0 Å². The Hall–Kier alpha value is -2.37. The summed E-state index contributed by atoms with van der Waals surface area (Å²) in [4.78, 5) is 25.0. The van der Waals surface area contributed by atoms with Gasteiger partial charge in [-0.3, -0.25) is 14.3 Å². The first-order valence-electron chi connectivity index (χ1n) is 7.93. The van der Waals surface area contributed by atoms with Crippen LogP contribution in [0.4, 0.5) is 5.82 Å². The molecule has 0 saturated carbocycles. The van der Waals surface area contributed by atoms with E-state index in [1.807, 2.05) is 13.8 Å². The number of aromatic nitrogens is 2. The summed E-state index contributed by atoms with van der Waals surface area (Å²) in [7, 11) is 1.80. The van der Waals surface area contributed by atoms with Gasteiger partial charge < -0.3 is 9.73 Å². The number of nitrogens with zero attached hydrogens (tertiary/aromatic N) is 2. The zero-order chi connectivity index (χ0) is 16.7. The van der Waals surface area contributed by atoms with Crippen LogP contribution in [-0.2, 0) is 19.9 Å². The summed E-state index contributed by atoms with van der Waals surface area (Å²) in [6.45, 7) is 5.69. The van der Waals surface area contributed by atoms with Crippen LogP contribution < -0.4 is 5.32 Å². The highest BCUT2D eigenvalue weighted by molar-refractivity contribution is 6.14. The molecule has 1 amide bonds. The molecule has 2 aromatic rings. The van der Waals surface area contributed by atoms with Crippen molar-refractivity contribution < 1.29 is 14.0 Å². The highest BCUT2D eigenvalue weighted by Crippen LogP contribution is 2.30. The van der Waals surface area contributed by atoms with Crippen molar-refractivity contribution in [2.75, 3.05) is 5.32 Å². The van der Waals surface area contributed by atoms with E-state index in [4.69, 9.17) is 4.42 Å². The van der Waals surface area contributed by atoms with Crippen LogP contribution in [0.3, 0.4) is 0 Å². The molecule has 1 aliphatic rings. The van der Waals surface area contributed by atoms with Crippen molar-refractivity contribution in [3.63, 3.8) is 0 Å². The second-order valence-corrected chi connectivity index (χ2v) is 5.96. The van der Waals surface area contributed by atoms with Crippen LogP contribution in [-0.4, -0.2) is 21.5 Å². The molecule has 1 N–H and O–H groups in total. The third kappa shape index (κ3) is 2.48. The molecule has 2 aromatic heterocycles. The topological polar surface area (TPSA) is 77.1 Å². The maximum absolute atomic E-state index is 12.8. The highest BCUT2D eigenvalue weighted by atomic mass is 16.3. The van der Waals surface area contributed by atoms with E-state index in [9.17, 15) is 9.59 Å². The maximum Gasteiger partial charge on any atom is 0.261 e. The number of nitrogens with one attached hydrogen (secondary N) is 1. The number of carbonyl (C=O) groups excluding carboxylic acids is 2. The standard InChI is InChI=1S/C17H21N3O3/c1-5-11-9(2)16(20(4)19-11)18-17(22)14-10(3)23-13-8-6-7-12(21)15(13)14/h5-8H2,1-4H3,(H,18,22). The Kier molecular flexibility index (Phi) is 3.83. The Labute approximate surface area is 134 Å². The fourth-order valence-corrected chi connectivity index (χ4v) is 3.25. The van der Waals surface area contributed by atoms with Crippen molar-refractivity contribution in [1.82, 2.24) is 9.78 Å². The number of hydrogen-bond donors (Lipinski definition) is 1. The number of furan rings is 1. The first-order chi connectivity index (χ1) is 10.9. The molecule has 6 heteroatoms. The average Bonchev–Trinajstić information content (AvgIpc) is 2.98. The molecule has 0 bridgehead atoms. The van der Waals surface area contributed by atoms with Gasteiger partial charge in [-0.2, -0.15) is 5.10 Å². The summed E-state index contributed by atoms with van der Waals surface area (Å²) in [5.41, 5.74) is 2.72. The summed E-state index contributed by atoms with van der Waals surface area (Å²) >= 11 is 0. The minimum atomic E-state index is -0.309. The van der Waals surface area contributed by atoms with Gasteiger partial charge in [-0.25, -0.2) is 0 Å². The van der Waals surface area contributed by atoms with Crippen LogP contribution in [0.1, 0.15) is 63.3 Å². The Balaban J connectivity index is 1.98. The second-order valence-electron chi connectivity index (χ2n) is 5.96. The minimum absolute atomic E-state index is 0.00998. The lowest BCUT2D eigenvalue weighted by Gasteiger charge is -2.11. The average molecular weight is 315 g/mol. The van der Waals surface area contributed by atoms with Crippen LogP contribution in [0, 0.1) is 13.8 Å². The van der Waals surface area contributed by atoms with Crippen molar-refractivity contribution in [2.45, 2.75) is 46.5 Å². The largest absolute Gasteiger partial charge is 0.465 e. The van der Waals surface area contributed by atoms with Crippen molar-refractivity contribution in [1.29, 1.82) is 0 Å². The van der Waals surface area contributed by atoms with E-state index in [-0.39, 0.29) is 11.7 Å². The fraction of sp³-hybridized carbons (Fsp3) is 0.471. The number of carbonyl (C=O) groups is 2. The van der Waals surface area contributed by atoms with Crippen molar-refractivity contribution in [3.8, 4) is 0 Å². The second kappa shape index (κ2) is 5.68. The summed E-state index contributed by atoms with van der Waals surface area (Å²) in [6, 6.07) is 0. The number of aryl methyl sites for hydroxylation is 4. The predicted octanol–water partition coefficient (Wildman–Crippen LogP) is 2.96. The maximum atomic E-state index is 12.8. The molecule has 2 heterocycles. The first kappa shape index (κ1) is 15.5. The molecule has 0 aliphatic heterocycles. The number of amides is 1. The summed E-state index contributed by atoms with van der Waals surface area (Å²) in [6.07, 6.45) is 2.76. The number of fused-ring (bicyclic) bond motifs is 1. The molecule has 6 nitrogen and oxygen atoms in total. The lowest BCUT2D eigenvalue weighted by molar-refractivity contribution is 0.0955. The normalized spacial score (nSPS) is 14.0. The summed E-state index contributed by atoms with van der Waals surface area (Å²) in [5, 5.41) is 7.30. The van der Waals surface area contributed by atoms with Crippen LogP contribution in [0.5, 0.6) is 0 Å². The van der Waals surface area contributed by atoms with Crippen LogP contribution in [0.15, 0.2) is 4.42 Å². The number of ketones is 1. The molecule has 0 spiro atoms. The predicted molar refractivity (Wildman–Crippen MR) is 86.0 cm³/mol. The van der Waals surface area contributed by atoms with Crippen LogP contribution in [0.2, 0.25) is 0 Å². The van der Waals surface area contributed by atoms with Crippen LogP contribution in [0.25, 0.3) is 0 Å². The fourth-order valence-electron chi connectivity index (χ4n) is 3.25. The monoisotopic (exact) mass is 315 g/mol. The number of hydrogen-bond acceptors (Lipinski definition) is 4. The van der Waals surface area contributed by atoms with Gasteiger partial charge in [0.1, 0.15) is 17.3 Å². The van der Waals surface area contributed by atoms with E-state index < -0.39 is 0 Å². The van der Waals surface area contributed by atoms with Gasteiger partial charge in [0.15, 0.2) is 5.78 Å². The van der Waals surface area contributed by atoms with Gasteiger partial charge in [0.05, 0.1) is 16.8 Å². The molecule has 3 rings (SSSR count). The van der Waals surface area contributed by atoms with Crippen molar-refractivity contribution in [3.05, 3.63) is 33.9 Å². The highest BCUT2D eigenvalue weighted by Gasteiger charge is 2.31. The molecule has 0 unspecified atom stereocenters. The SMILES string of the molecule is CCc1nn(C)c(NC(=O)c2c(C)oc3c2C(=O)CCC3)c1C. The third-order valence-corrected chi connectivity index (χ3v) is 4.42. The van der Waals surface area contributed by atoms with E-state index in [1.54, 1.807) is 18.7 Å². The van der Waals surface area contributed by atoms with E-state index in [1.165, 1.54) is 0 Å². The number of Topliss-reactive ketones (excluding diaryl/α,β-unsaturated/α-hetero) is 1. The van der Waals surface area contributed by atoms with Crippen molar-refractivity contribution in [2.24, 2.45) is 7.05 Å². The van der Waals surface area contributed by atoms with Gasteiger partial charge >= 0.3 is 0 Å². The molecule has 1 aliphatic carbocycles. The van der Waals surface area contributed by atoms with Gasteiger partial charge in [0.25, 0.3) is 5.91 Å². The van der Waals surface area contributed by atoms with E-state index in [2.05, 4.69) is 10.4 Å². The Morgan fingerprint density at radius 1 is 1.35 bits per heavy atom. The Morgan fingerprint density at radius 2 is 2.09 bits per heavy atom. The molecule has 0 atom stereocenters. The van der Waals surface area contributed by atoms with Gasteiger partial charge in [-0.15, -0.1) is 0 Å². The van der Waals surface area contributed by atoms with E-state index in [0.717, 1.165) is 24.1 Å². The molecule has 23 heavy (non-hydrogen) atoms. The molecule has 0 radical (unpaired) electrons.